The summed E-state index contributed by atoms with van der Waals surface area (Å²) in [5.74, 6) is -2.06. The number of alkyl carbamates (subject to hydrolysis) is 1. The monoisotopic (exact) mass is 373 g/mol. The summed E-state index contributed by atoms with van der Waals surface area (Å²) in [5, 5.41) is 2.67. The number of benzene rings is 2. The molecule has 2 unspecified atom stereocenters. The summed E-state index contributed by atoms with van der Waals surface area (Å²) in [5.41, 5.74) is 0.379. The highest BCUT2D eigenvalue weighted by molar-refractivity contribution is 6.00. The van der Waals surface area contributed by atoms with E-state index in [9.17, 15) is 18.4 Å². The van der Waals surface area contributed by atoms with Gasteiger partial charge in [0.05, 0.1) is 6.04 Å². The lowest BCUT2D eigenvalue weighted by Gasteiger charge is -2.34. The Labute approximate surface area is 156 Å². The van der Waals surface area contributed by atoms with Crippen LogP contribution in [0.4, 0.5) is 13.6 Å². The predicted molar refractivity (Wildman–Crippen MR) is 96.7 cm³/mol. The Balaban J connectivity index is 2.05. The lowest BCUT2D eigenvalue weighted by atomic mass is 9.75. The number of carbonyl (C=O) groups is 2. The highest BCUT2D eigenvalue weighted by atomic mass is 19.1. The molecule has 0 bridgehead atoms. The Morgan fingerprint density at radius 2 is 1.81 bits per heavy atom. The fourth-order valence-corrected chi connectivity index (χ4v) is 3.40. The molecule has 0 heterocycles. The normalized spacial score (nSPS) is 19.4. The minimum Gasteiger partial charge on any atom is -0.444 e. The molecule has 1 aliphatic rings. The van der Waals surface area contributed by atoms with E-state index in [1.165, 1.54) is 0 Å². The zero-order valence-electron chi connectivity index (χ0n) is 15.4. The standard InChI is InChI=1S/C21H21F2NO3/c1-21(2,3)27-20(26)24-17-11-18(25)13-6-4-5-7-14(13)19(17)15-10-12(22)8-9-16(15)23/h4-10,17,19H,11H2,1-3H3,(H,24,26). The number of carbonyl (C=O) groups excluding carboxylic acids is 2. The third-order valence-electron chi connectivity index (χ3n) is 4.40. The van der Waals surface area contributed by atoms with E-state index in [2.05, 4.69) is 5.32 Å². The number of amides is 1. The van der Waals surface area contributed by atoms with E-state index in [0.717, 1.165) is 18.2 Å². The van der Waals surface area contributed by atoms with Crippen LogP contribution in [-0.2, 0) is 4.74 Å². The van der Waals surface area contributed by atoms with Gasteiger partial charge in [-0.3, -0.25) is 4.79 Å². The van der Waals surface area contributed by atoms with Gasteiger partial charge >= 0.3 is 6.09 Å². The zero-order valence-corrected chi connectivity index (χ0v) is 15.4. The molecule has 1 aliphatic carbocycles. The molecule has 0 radical (unpaired) electrons. The minimum atomic E-state index is -0.751. The molecular weight excluding hydrogens is 352 g/mol. The first-order valence-electron chi connectivity index (χ1n) is 8.72. The van der Waals surface area contributed by atoms with E-state index in [4.69, 9.17) is 4.74 Å². The minimum absolute atomic E-state index is 0.0309. The van der Waals surface area contributed by atoms with Gasteiger partial charge in [-0.25, -0.2) is 13.6 Å². The van der Waals surface area contributed by atoms with Crippen molar-refractivity contribution in [3.8, 4) is 0 Å². The molecule has 0 aliphatic heterocycles. The third-order valence-corrected chi connectivity index (χ3v) is 4.40. The van der Waals surface area contributed by atoms with Crippen molar-refractivity contribution >= 4 is 11.9 Å². The van der Waals surface area contributed by atoms with Crippen LogP contribution in [-0.4, -0.2) is 23.5 Å². The van der Waals surface area contributed by atoms with Gasteiger partial charge in [-0.05, 0) is 44.5 Å². The maximum absolute atomic E-state index is 14.5. The first kappa shape index (κ1) is 19.0. The molecule has 3 rings (SSSR count). The van der Waals surface area contributed by atoms with Crippen molar-refractivity contribution < 1.29 is 23.1 Å². The lowest BCUT2D eigenvalue weighted by Crippen LogP contribution is -2.46. The van der Waals surface area contributed by atoms with Crippen LogP contribution in [0.15, 0.2) is 42.5 Å². The number of halogens is 2. The summed E-state index contributed by atoms with van der Waals surface area (Å²) >= 11 is 0. The maximum atomic E-state index is 14.5. The molecule has 0 spiro atoms. The fraction of sp³-hybridized carbons (Fsp3) is 0.333. The van der Waals surface area contributed by atoms with E-state index >= 15 is 0 Å². The molecule has 0 aromatic heterocycles. The molecule has 0 fully saturated rings. The molecule has 142 valence electrons. The first-order valence-corrected chi connectivity index (χ1v) is 8.72. The molecule has 1 amide bonds. The predicted octanol–water partition coefficient (Wildman–Crippen LogP) is 4.58. The van der Waals surface area contributed by atoms with Crippen LogP contribution in [0.25, 0.3) is 0 Å². The molecule has 6 heteroatoms. The van der Waals surface area contributed by atoms with Crippen molar-refractivity contribution in [2.24, 2.45) is 0 Å². The Kier molecular flexibility index (Phi) is 5.00. The van der Waals surface area contributed by atoms with Crippen molar-refractivity contribution in [3.63, 3.8) is 0 Å². The quantitative estimate of drug-likeness (QED) is 0.839. The zero-order chi connectivity index (χ0) is 19.8. The van der Waals surface area contributed by atoms with E-state index in [0.29, 0.717) is 11.1 Å². The highest BCUT2D eigenvalue weighted by Gasteiger charge is 2.38. The van der Waals surface area contributed by atoms with Gasteiger partial charge in [-0.15, -0.1) is 0 Å². The smallest absolute Gasteiger partial charge is 0.407 e. The van der Waals surface area contributed by atoms with Crippen LogP contribution in [0.2, 0.25) is 0 Å². The van der Waals surface area contributed by atoms with Gasteiger partial charge < -0.3 is 10.1 Å². The average Bonchev–Trinajstić information content (AvgIpc) is 2.56. The SMILES string of the molecule is CC(C)(C)OC(=O)NC1CC(=O)c2ccccc2C1c1cc(F)ccc1F. The van der Waals surface area contributed by atoms with Gasteiger partial charge in [0.2, 0.25) is 0 Å². The van der Waals surface area contributed by atoms with Crippen molar-refractivity contribution in [2.75, 3.05) is 0 Å². The molecule has 27 heavy (non-hydrogen) atoms. The van der Waals surface area contributed by atoms with E-state index in [1.54, 1.807) is 45.0 Å². The second-order valence-corrected chi connectivity index (χ2v) is 7.61. The highest BCUT2D eigenvalue weighted by Crippen LogP contribution is 2.38. The number of Topliss-reactive ketones (excluding diaryl/α,β-unsaturated/α-hetero) is 1. The average molecular weight is 373 g/mol. The van der Waals surface area contributed by atoms with Crippen LogP contribution < -0.4 is 5.32 Å². The Hall–Kier alpha value is -2.76. The Morgan fingerprint density at radius 1 is 1.11 bits per heavy atom. The Bertz CT molecular complexity index is 889. The number of hydrogen-bond acceptors (Lipinski definition) is 3. The van der Waals surface area contributed by atoms with Gasteiger partial charge in [0.15, 0.2) is 5.78 Å². The third kappa shape index (κ3) is 4.15. The topological polar surface area (TPSA) is 55.4 Å². The fourth-order valence-electron chi connectivity index (χ4n) is 3.40. The van der Waals surface area contributed by atoms with Crippen LogP contribution in [0.1, 0.15) is 54.6 Å². The van der Waals surface area contributed by atoms with E-state index < -0.39 is 35.3 Å². The van der Waals surface area contributed by atoms with Gasteiger partial charge in [0.25, 0.3) is 0 Å². The number of fused-ring (bicyclic) bond motifs is 1. The van der Waals surface area contributed by atoms with Crippen LogP contribution >= 0.6 is 0 Å². The lowest BCUT2D eigenvalue weighted by molar-refractivity contribution is 0.0494. The summed E-state index contributed by atoms with van der Waals surface area (Å²) in [4.78, 5) is 24.8. The Morgan fingerprint density at radius 3 is 2.52 bits per heavy atom. The number of ketones is 1. The van der Waals surface area contributed by atoms with E-state index in [1.807, 2.05) is 0 Å². The molecular formula is C21H21F2NO3. The van der Waals surface area contributed by atoms with Gasteiger partial charge in [-0.1, -0.05) is 24.3 Å². The maximum Gasteiger partial charge on any atom is 0.407 e. The van der Waals surface area contributed by atoms with Crippen molar-refractivity contribution in [2.45, 2.75) is 44.8 Å². The summed E-state index contributed by atoms with van der Waals surface area (Å²) in [6.07, 6.45) is -0.738. The molecule has 4 nitrogen and oxygen atoms in total. The second kappa shape index (κ2) is 7.10. The van der Waals surface area contributed by atoms with Crippen molar-refractivity contribution in [1.82, 2.24) is 5.32 Å². The van der Waals surface area contributed by atoms with Crippen LogP contribution in [0.3, 0.4) is 0 Å². The molecule has 1 N–H and O–H groups in total. The van der Waals surface area contributed by atoms with Crippen LogP contribution in [0.5, 0.6) is 0 Å². The van der Waals surface area contributed by atoms with Gasteiger partial charge in [-0.2, -0.15) is 0 Å². The summed E-state index contributed by atoms with van der Waals surface area (Å²) in [6.45, 7) is 5.16. The number of hydrogen-bond donors (Lipinski definition) is 1. The molecule has 2 aromatic rings. The number of nitrogens with one attached hydrogen (secondary N) is 1. The van der Waals surface area contributed by atoms with E-state index in [-0.39, 0.29) is 17.8 Å². The summed E-state index contributed by atoms with van der Waals surface area (Å²) in [6, 6.07) is 9.25. The molecule has 0 saturated heterocycles. The summed E-state index contributed by atoms with van der Waals surface area (Å²) < 4.78 is 33.6. The summed E-state index contributed by atoms with van der Waals surface area (Å²) in [7, 11) is 0. The van der Waals surface area contributed by atoms with Crippen molar-refractivity contribution in [1.29, 1.82) is 0 Å². The number of ether oxygens (including phenoxy) is 1. The largest absolute Gasteiger partial charge is 0.444 e. The number of rotatable bonds is 2. The van der Waals surface area contributed by atoms with Gasteiger partial charge in [0.1, 0.15) is 17.2 Å². The molecule has 0 saturated carbocycles. The van der Waals surface area contributed by atoms with Crippen molar-refractivity contribution in [3.05, 3.63) is 70.8 Å². The molecule has 2 atom stereocenters. The molecule has 2 aromatic carbocycles. The second-order valence-electron chi connectivity index (χ2n) is 7.61. The van der Waals surface area contributed by atoms with Gasteiger partial charge in [0, 0.05) is 23.5 Å². The first-order chi connectivity index (χ1) is 12.7. The van der Waals surface area contributed by atoms with Crippen LogP contribution in [0, 0.1) is 11.6 Å².